The largest absolute Gasteiger partial charge is 0.424 e. The Hall–Kier alpha value is -3.11. The normalized spacial score (nSPS) is 14.5. The maximum Gasteiger partial charge on any atom is 0.328 e. The number of carbonyl (C=O) groups is 1. The van der Waals surface area contributed by atoms with Gasteiger partial charge in [0.15, 0.2) is 5.13 Å². The molecule has 9 nitrogen and oxygen atoms in total. The van der Waals surface area contributed by atoms with Gasteiger partial charge in [0.25, 0.3) is 0 Å². The summed E-state index contributed by atoms with van der Waals surface area (Å²) in [6.45, 7) is 7.11. The SMILES string of the molecule is CC(=O)Cc1ccc(Oc2nc(Nc3ncc(C)s3)nc(N3CCN(C)CC3)n2)cc1. The Balaban J connectivity index is 1.58. The number of aromatic nitrogens is 4. The average molecular weight is 440 g/mol. The van der Waals surface area contributed by atoms with Crippen molar-refractivity contribution in [2.75, 3.05) is 43.4 Å². The monoisotopic (exact) mass is 439 g/mol. The van der Waals surface area contributed by atoms with Gasteiger partial charge in [-0.3, -0.25) is 10.1 Å². The second-order valence-electron chi connectivity index (χ2n) is 7.56. The Kier molecular flexibility index (Phi) is 6.38. The molecule has 1 fully saturated rings. The first-order valence-corrected chi connectivity index (χ1v) is 10.9. The van der Waals surface area contributed by atoms with Crippen molar-refractivity contribution in [3.63, 3.8) is 0 Å². The van der Waals surface area contributed by atoms with E-state index in [9.17, 15) is 4.79 Å². The minimum atomic E-state index is 0.121. The second kappa shape index (κ2) is 9.36. The van der Waals surface area contributed by atoms with Crippen LogP contribution in [0.5, 0.6) is 11.8 Å². The van der Waals surface area contributed by atoms with E-state index in [-0.39, 0.29) is 11.8 Å². The lowest BCUT2D eigenvalue weighted by Gasteiger charge is -2.32. The van der Waals surface area contributed by atoms with E-state index in [1.165, 1.54) is 11.3 Å². The Morgan fingerprint density at radius 3 is 2.52 bits per heavy atom. The maximum absolute atomic E-state index is 11.3. The summed E-state index contributed by atoms with van der Waals surface area (Å²) in [7, 11) is 2.10. The van der Waals surface area contributed by atoms with Crippen LogP contribution in [-0.4, -0.2) is 63.8 Å². The number of nitrogens with zero attached hydrogens (tertiary/aromatic N) is 6. The van der Waals surface area contributed by atoms with Crippen molar-refractivity contribution >= 4 is 34.1 Å². The van der Waals surface area contributed by atoms with Crippen LogP contribution in [0.1, 0.15) is 17.4 Å². The molecule has 31 heavy (non-hydrogen) atoms. The topological polar surface area (TPSA) is 96.4 Å². The van der Waals surface area contributed by atoms with Crippen LogP contribution in [0.15, 0.2) is 30.5 Å². The fourth-order valence-corrected chi connectivity index (χ4v) is 3.83. The molecule has 3 heterocycles. The smallest absolute Gasteiger partial charge is 0.328 e. The van der Waals surface area contributed by atoms with E-state index in [0.717, 1.165) is 36.6 Å². The van der Waals surface area contributed by atoms with Crippen molar-refractivity contribution < 1.29 is 9.53 Å². The quantitative estimate of drug-likeness (QED) is 0.596. The summed E-state index contributed by atoms with van der Waals surface area (Å²) < 4.78 is 5.93. The molecule has 0 radical (unpaired) electrons. The van der Waals surface area contributed by atoms with Crippen LogP contribution < -0.4 is 15.0 Å². The number of ketones is 1. The van der Waals surface area contributed by atoms with Crippen LogP contribution >= 0.6 is 11.3 Å². The fraction of sp³-hybridized carbons (Fsp3) is 0.381. The Morgan fingerprint density at radius 2 is 1.87 bits per heavy atom. The third-order valence-corrected chi connectivity index (χ3v) is 5.64. The number of likely N-dealkylation sites (N-methyl/N-ethyl adjacent to an activating group) is 1. The van der Waals surface area contributed by atoms with Crippen LogP contribution in [-0.2, 0) is 11.2 Å². The molecule has 0 bridgehead atoms. The molecule has 162 valence electrons. The molecule has 1 N–H and O–H groups in total. The molecule has 2 aromatic heterocycles. The molecule has 0 saturated carbocycles. The first-order chi connectivity index (χ1) is 14.9. The van der Waals surface area contributed by atoms with Crippen molar-refractivity contribution in [3.8, 4) is 11.8 Å². The van der Waals surface area contributed by atoms with Crippen LogP contribution in [0.25, 0.3) is 0 Å². The van der Waals surface area contributed by atoms with Gasteiger partial charge in [0.2, 0.25) is 11.9 Å². The summed E-state index contributed by atoms with van der Waals surface area (Å²) in [5.74, 6) is 1.68. The van der Waals surface area contributed by atoms with Gasteiger partial charge in [-0.05, 0) is 38.6 Å². The van der Waals surface area contributed by atoms with Crippen molar-refractivity contribution in [1.29, 1.82) is 0 Å². The van der Waals surface area contributed by atoms with Crippen molar-refractivity contribution in [2.24, 2.45) is 0 Å². The van der Waals surface area contributed by atoms with E-state index in [0.29, 0.717) is 29.2 Å². The van der Waals surface area contributed by atoms with Gasteiger partial charge in [-0.2, -0.15) is 15.0 Å². The molecular formula is C21H25N7O2S. The zero-order valence-electron chi connectivity index (χ0n) is 17.8. The van der Waals surface area contributed by atoms with Crippen molar-refractivity contribution in [3.05, 3.63) is 40.9 Å². The zero-order chi connectivity index (χ0) is 21.8. The predicted octanol–water partition coefficient (Wildman–Crippen LogP) is 3.06. The highest BCUT2D eigenvalue weighted by Crippen LogP contribution is 2.25. The fourth-order valence-electron chi connectivity index (χ4n) is 3.17. The molecule has 0 aliphatic carbocycles. The summed E-state index contributed by atoms with van der Waals surface area (Å²) in [4.78, 5) is 34.7. The standard InChI is InChI=1S/C21H25N7O2S/c1-14(29)12-16-4-6-17(7-5-16)30-20-24-18(25-21-22-13-15(2)31-21)23-19(26-20)28-10-8-27(3)9-11-28/h4-7,13H,8-12H2,1-3H3,(H,22,23,24,25,26). The first-order valence-electron chi connectivity index (χ1n) is 10.1. The van der Waals surface area contributed by atoms with Gasteiger partial charge in [0, 0.05) is 43.7 Å². The number of piperazine rings is 1. The molecule has 3 aromatic rings. The number of hydrogen-bond acceptors (Lipinski definition) is 10. The zero-order valence-corrected chi connectivity index (χ0v) is 18.6. The minimum Gasteiger partial charge on any atom is -0.424 e. The van der Waals surface area contributed by atoms with E-state index in [1.807, 2.05) is 31.2 Å². The lowest BCUT2D eigenvalue weighted by Crippen LogP contribution is -2.45. The van der Waals surface area contributed by atoms with Crippen molar-refractivity contribution in [1.82, 2.24) is 24.8 Å². The number of thiazole rings is 1. The van der Waals surface area contributed by atoms with Crippen LogP contribution in [0.2, 0.25) is 0 Å². The molecular weight excluding hydrogens is 414 g/mol. The number of hydrogen-bond donors (Lipinski definition) is 1. The molecule has 1 aromatic carbocycles. The highest BCUT2D eigenvalue weighted by atomic mass is 32.1. The number of nitrogens with one attached hydrogen (secondary N) is 1. The summed E-state index contributed by atoms with van der Waals surface area (Å²) >= 11 is 1.53. The van der Waals surface area contributed by atoms with E-state index in [1.54, 1.807) is 13.1 Å². The van der Waals surface area contributed by atoms with Crippen LogP contribution in [0, 0.1) is 6.92 Å². The summed E-state index contributed by atoms with van der Waals surface area (Å²) in [5, 5.41) is 3.88. The molecule has 0 amide bonds. The predicted molar refractivity (Wildman–Crippen MR) is 121 cm³/mol. The van der Waals surface area contributed by atoms with Crippen LogP contribution in [0.3, 0.4) is 0 Å². The number of aryl methyl sites for hydroxylation is 1. The van der Waals surface area contributed by atoms with Gasteiger partial charge in [0.05, 0.1) is 0 Å². The summed E-state index contributed by atoms with van der Waals surface area (Å²) in [5.41, 5.74) is 0.940. The molecule has 1 aliphatic rings. The van der Waals surface area contributed by atoms with E-state index >= 15 is 0 Å². The third-order valence-electron chi connectivity index (χ3n) is 4.81. The van der Waals surface area contributed by atoms with Gasteiger partial charge in [-0.1, -0.05) is 12.1 Å². The van der Waals surface area contributed by atoms with Crippen LogP contribution in [0.4, 0.5) is 17.0 Å². The van der Waals surface area contributed by atoms with Gasteiger partial charge in [0.1, 0.15) is 11.5 Å². The lowest BCUT2D eigenvalue weighted by molar-refractivity contribution is -0.116. The second-order valence-corrected chi connectivity index (χ2v) is 8.79. The van der Waals surface area contributed by atoms with E-state index < -0.39 is 0 Å². The molecule has 1 saturated heterocycles. The summed E-state index contributed by atoms with van der Waals surface area (Å²) in [6.07, 6.45) is 2.20. The molecule has 1 aliphatic heterocycles. The Labute approximate surface area is 185 Å². The Morgan fingerprint density at radius 1 is 1.13 bits per heavy atom. The van der Waals surface area contributed by atoms with Gasteiger partial charge in [-0.15, -0.1) is 11.3 Å². The third kappa shape index (κ3) is 5.74. The lowest BCUT2D eigenvalue weighted by atomic mass is 10.1. The number of Topliss-reactive ketones (excluding diaryl/α,β-unsaturated/α-hetero) is 1. The number of benzene rings is 1. The highest BCUT2D eigenvalue weighted by molar-refractivity contribution is 7.15. The minimum absolute atomic E-state index is 0.121. The van der Waals surface area contributed by atoms with Gasteiger partial charge >= 0.3 is 6.01 Å². The number of ether oxygens (including phenoxy) is 1. The van der Waals surface area contributed by atoms with Gasteiger partial charge in [-0.25, -0.2) is 4.98 Å². The Bertz CT molecular complexity index is 1050. The molecule has 0 spiro atoms. The van der Waals surface area contributed by atoms with Gasteiger partial charge < -0.3 is 14.5 Å². The number of rotatable bonds is 7. The number of anilines is 3. The number of carbonyl (C=O) groups excluding carboxylic acids is 1. The average Bonchev–Trinajstić information content (AvgIpc) is 3.14. The van der Waals surface area contributed by atoms with E-state index in [4.69, 9.17) is 4.74 Å². The van der Waals surface area contributed by atoms with Crippen molar-refractivity contribution in [2.45, 2.75) is 20.3 Å². The summed E-state index contributed by atoms with van der Waals surface area (Å²) in [6, 6.07) is 7.58. The van der Waals surface area contributed by atoms with E-state index in [2.05, 4.69) is 42.1 Å². The maximum atomic E-state index is 11.3. The molecule has 10 heteroatoms. The molecule has 0 unspecified atom stereocenters. The first kappa shape index (κ1) is 21.1. The molecule has 0 atom stereocenters. The molecule has 4 rings (SSSR count). The highest BCUT2D eigenvalue weighted by Gasteiger charge is 2.19.